The van der Waals surface area contributed by atoms with Gasteiger partial charge >= 0.3 is 0 Å². The van der Waals surface area contributed by atoms with Crippen molar-refractivity contribution in [2.24, 2.45) is 0 Å². The molecule has 4 aromatic rings. The molecule has 2 atom stereocenters. The minimum atomic E-state index is -3.99. The Morgan fingerprint density at radius 3 is 2.48 bits per heavy atom. The predicted octanol–water partition coefficient (Wildman–Crippen LogP) is 5.07. The molecule has 1 heterocycles. The molecule has 160 valence electrons. The van der Waals surface area contributed by atoms with Crippen molar-refractivity contribution < 1.29 is 17.7 Å². The Kier molecular flexibility index (Phi) is 6.29. The number of aliphatic hydroxyl groups is 1. The Balaban J connectivity index is 1.66. The fourth-order valence-electron chi connectivity index (χ4n) is 3.63. The van der Waals surface area contributed by atoms with E-state index in [2.05, 4.69) is 15.9 Å². The molecule has 0 bridgehead atoms. The molecule has 0 aliphatic rings. The first-order valence-corrected chi connectivity index (χ1v) is 12.0. The van der Waals surface area contributed by atoms with Crippen LogP contribution in [0.1, 0.15) is 17.2 Å². The maximum Gasteiger partial charge on any atom is 0.297 e. The molecular weight excluding hydrogens is 478 g/mol. The molecule has 0 radical (unpaired) electrons. The molecular formula is C24H22BrNO4S. The largest absolute Gasteiger partial charge is 0.388 e. The van der Waals surface area contributed by atoms with E-state index in [0.717, 1.165) is 26.5 Å². The Labute approximate surface area is 190 Å². The number of aliphatic hydroxyl groups excluding tert-OH is 1. The second-order valence-electron chi connectivity index (χ2n) is 7.40. The molecule has 2 unspecified atom stereocenters. The highest BCUT2D eigenvalue weighted by atomic mass is 79.9. The Morgan fingerprint density at radius 2 is 1.74 bits per heavy atom. The van der Waals surface area contributed by atoms with Crippen LogP contribution in [0, 0.1) is 6.92 Å². The number of aromatic nitrogens is 1. The summed E-state index contributed by atoms with van der Waals surface area (Å²) >= 11 is 3.48. The van der Waals surface area contributed by atoms with E-state index in [-0.39, 0.29) is 11.5 Å². The summed E-state index contributed by atoms with van der Waals surface area (Å²) in [6.07, 6.45) is 0.791. The van der Waals surface area contributed by atoms with E-state index in [9.17, 15) is 13.5 Å². The van der Waals surface area contributed by atoms with Crippen molar-refractivity contribution in [3.63, 3.8) is 0 Å². The lowest BCUT2D eigenvalue weighted by atomic mass is 10.0. The molecule has 1 aromatic heterocycles. The Hall–Kier alpha value is -2.45. The standard InChI is InChI=1S/C24H22BrNO4S/c1-17-9-11-21(12-10-17)31(28,29)30-16-23(27)24(19-6-4-7-20(25)15-19)26-14-13-18-5-2-3-8-22(18)26/h2-15,23-24,27H,16H2,1H3. The van der Waals surface area contributed by atoms with Crippen LogP contribution in [0.25, 0.3) is 10.9 Å². The smallest absolute Gasteiger partial charge is 0.297 e. The Morgan fingerprint density at radius 1 is 1.00 bits per heavy atom. The van der Waals surface area contributed by atoms with Gasteiger partial charge in [0.2, 0.25) is 0 Å². The average Bonchev–Trinajstić information content (AvgIpc) is 3.17. The van der Waals surface area contributed by atoms with Gasteiger partial charge in [-0.2, -0.15) is 8.42 Å². The van der Waals surface area contributed by atoms with Gasteiger partial charge in [-0.25, -0.2) is 0 Å². The summed E-state index contributed by atoms with van der Waals surface area (Å²) < 4.78 is 33.3. The van der Waals surface area contributed by atoms with Gasteiger partial charge < -0.3 is 9.67 Å². The minimum Gasteiger partial charge on any atom is -0.388 e. The van der Waals surface area contributed by atoms with Gasteiger partial charge in [-0.05, 0) is 54.3 Å². The van der Waals surface area contributed by atoms with Gasteiger partial charge in [-0.1, -0.05) is 64.0 Å². The number of fused-ring (bicyclic) bond motifs is 1. The fraction of sp³-hybridized carbons (Fsp3) is 0.167. The number of benzene rings is 3. The van der Waals surface area contributed by atoms with Crippen LogP contribution >= 0.6 is 15.9 Å². The van der Waals surface area contributed by atoms with Gasteiger partial charge in [0.25, 0.3) is 10.1 Å². The zero-order valence-corrected chi connectivity index (χ0v) is 19.3. The van der Waals surface area contributed by atoms with Crippen LogP contribution in [0.15, 0.2) is 94.4 Å². The quantitative estimate of drug-likeness (QED) is 0.360. The third-order valence-corrected chi connectivity index (χ3v) is 6.98. The molecule has 7 heteroatoms. The third-order valence-electron chi connectivity index (χ3n) is 5.19. The summed E-state index contributed by atoms with van der Waals surface area (Å²) in [5, 5.41) is 12.1. The lowest BCUT2D eigenvalue weighted by Crippen LogP contribution is -2.30. The highest BCUT2D eigenvalue weighted by molar-refractivity contribution is 9.10. The van der Waals surface area contributed by atoms with Crippen molar-refractivity contribution in [3.8, 4) is 0 Å². The van der Waals surface area contributed by atoms with E-state index >= 15 is 0 Å². The van der Waals surface area contributed by atoms with E-state index in [1.807, 2.05) is 72.3 Å². The van der Waals surface area contributed by atoms with Crippen molar-refractivity contribution in [1.29, 1.82) is 0 Å². The monoisotopic (exact) mass is 499 g/mol. The van der Waals surface area contributed by atoms with E-state index in [1.165, 1.54) is 12.1 Å². The molecule has 4 rings (SSSR count). The van der Waals surface area contributed by atoms with Gasteiger partial charge in [0.05, 0.1) is 17.5 Å². The predicted molar refractivity (Wildman–Crippen MR) is 125 cm³/mol. The number of aryl methyl sites for hydroxylation is 1. The first kappa shape index (κ1) is 21.8. The van der Waals surface area contributed by atoms with Gasteiger partial charge in [-0.15, -0.1) is 0 Å². The van der Waals surface area contributed by atoms with Gasteiger partial charge in [0.1, 0.15) is 6.10 Å². The normalized spacial score (nSPS) is 13.9. The maximum absolute atomic E-state index is 12.6. The molecule has 0 aliphatic heterocycles. The summed E-state index contributed by atoms with van der Waals surface area (Å²) in [5.74, 6) is 0. The molecule has 1 N–H and O–H groups in total. The minimum absolute atomic E-state index is 0.0655. The van der Waals surface area contributed by atoms with Gasteiger partial charge in [0, 0.05) is 16.2 Å². The lowest BCUT2D eigenvalue weighted by molar-refractivity contribution is 0.0785. The molecule has 0 aliphatic carbocycles. The van der Waals surface area contributed by atoms with E-state index < -0.39 is 22.3 Å². The third kappa shape index (κ3) is 4.75. The number of para-hydroxylation sites is 1. The second-order valence-corrected chi connectivity index (χ2v) is 9.93. The topological polar surface area (TPSA) is 68.5 Å². The second kappa shape index (κ2) is 8.96. The molecule has 0 saturated heterocycles. The number of hydrogen-bond donors (Lipinski definition) is 1. The fourth-order valence-corrected chi connectivity index (χ4v) is 4.97. The van der Waals surface area contributed by atoms with Crippen molar-refractivity contribution in [2.75, 3.05) is 6.61 Å². The molecule has 5 nitrogen and oxygen atoms in total. The summed E-state index contributed by atoms with van der Waals surface area (Å²) in [6.45, 7) is 1.50. The van der Waals surface area contributed by atoms with Crippen molar-refractivity contribution in [2.45, 2.75) is 24.0 Å². The zero-order chi connectivity index (χ0) is 22.0. The van der Waals surface area contributed by atoms with Crippen molar-refractivity contribution in [1.82, 2.24) is 4.57 Å². The van der Waals surface area contributed by atoms with Crippen molar-refractivity contribution >= 4 is 37.0 Å². The van der Waals surface area contributed by atoms with Gasteiger partial charge in [-0.3, -0.25) is 4.18 Å². The number of nitrogens with zero attached hydrogens (tertiary/aromatic N) is 1. The molecule has 0 saturated carbocycles. The zero-order valence-electron chi connectivity index (χ0n) is 16.9. The summed E-state index contributed by atoms with van der Waals surface area (Å²) in [7, 11) is -3.99. The van der Waals surface area contributed by atoms with Crippen LogP contribution in [0.2, 0.25) is 0 Å². The van der Waals surface area contributed by atoms with E-state index in [0.29, 0.717) is 0 Å². The molecule has 0 fully saturated rings. The van der Waals surface area contributed by atoms with E-state index in [1.54, 1.807) is 12.1 Å². The lowest BCUT2D eigenvalue weighted by Gasteiger charge is -2.26. The van der Waals surface area contributed by atoms with Crippen LogP contribution < -0.4 is 0 Å². The molecule has 0 spiro atoms. The molecule has 3 aromatic carbocycles. The summed E-state index contributed by atoms with van der Waals surface area (Å²) in [4.78, 5) is 0.0655. The van der Waals surface area contributed by atoms with Crippen molar-refractivity contribution in [3.05, 3.63) is 101 Å². The van der Waals surface area contributed by atoms with Crippen LogP contribution in [0.3, 0.4) is 0 Å². The number of hydrogen-bond acceptors (Lipinski definition) is 4. The van der Waals surface area contributed by atoms with Crippen LogP contribution in [-0.4, -0.2) is 30.8 Å². The number of halogens is 1. The number of rotatable bonds is 7. The summed E-state index contributed by atoms with van der Waals surface area (Å²) in [5.41, 5.74) is 2.72. The highest BCUT2D eigenvalue weighted by Crippen LogP contribution is 2.30. The average molecular weight is 500 g/mol. The van der Waals surface area contributed by atoms with E-state index in [4.69, 9.17) is 4.18 Å². The first-order chi connectivity index (χ1) is 14.8. The SMILES string of the molecule is Cc1ccc(S(=O)(=O)OCC(O)C(c2cccc(Br)c2)n2ccc3ccccc32)cc1. The van der Waals surface area contributed by atoms with Crippen LogP contribution in [-0.2, 0) is 14.3 Å². The highest BCUT2D eigenvalue weighted by Gasteiger charge is 2.27. The van der Waals surface area contributed by atoms with Gasteiger partial charge in [0.15, 0.2) is 0 Å². The van der Waals surface area contributed by atoms with Crippen LogP contribution in [0.4, 0.5) is 0 Å². The maximum atomic E-state index is 12.6. The Bertz CT molecular complexity index is 1300. The molecule has 31 heavy (non-hydrogen) atoms. The first-order valence-electron chi connectivity index (χ1n) is 9.80. The summed E-state index contributed by atoms with van der Waals surface area (Å²) in [6, 6.07) is 23.3. The van der Waals surface area contributed by atoms with Crippen LogP contribution in [0.5, 0.6) is 0 Å². The molecule has 0 amide bonds.